The molecule has 3 unspecified atom stereocenters. The van der Waals surface area contributed by atoms with Crippen LogP contribution in [0.3, 0.4) is 0 Å². The molecule has 2 aliphatic carbocycles. The maximum Gasteiger partial charge on any atom is 0.309 e. The van der Waals surface area contributed by atoms with E-state index >= 15 is 0 Å². The Labute approximate surface area is 96.2 Å². The smallest absolute Gasteiger partial charge is 0.309 e. The number of hydrogen-bond donors (Lipinski definition) is 1. The van der Waals surface area contributed by atoms with E-state index in [4.69, 9.17) is 4.74 Å². The van der Waals surface area contributed by atoms with Crippen molar-refractivity contribution in [1.82, 2.24) is 0 Å². The number of ether oxygens (including phenoxy) is 1. The van der Waals surface area contributed by atoms with Crippen molar-refractivity contribution in [3.63, 3.8) is 0 Å². The number of carboxylic acid groups (broad SMARTS) is 1. The summed E-state index contributed by atoms with van der Waals surface area (Å²) in [5, 5.41) is 9.28. The zero-order valence-electron chi connectivity index (χ0n) is 9.60. The predicted octanol–water partition coefficient (Wildman–Crippen LogP) is 2.44. The number of carboxylic acids is 1. The van der Waals surface area contributed by atoms with Crippen molar-refractivity contribution in [2.75, 3.05) is 0 Å². The van der Waals surface area contributed by atoms with Gasteiger partial charge in [0, 0.05) is 0 Å². The zero-order valence-corrected chi connectivity index (χ0v) is 9.60. The molecule has 0 radical (unpaired) electrons. The van der Waals surface area contributed by atoms with E-state index in [1.54, 1.807) is 0 Å². The van der Waals surface area contributed by atoms with Gasteiger partial charge in [-0.2, -0.15) is 0 Å². The van der Waals surface area contributed by atoms with Crippen LogP contribution in [-0.2, 0) is 9.53 Å². The largest absolute Gasteiger partial charge is 0.481 e. The molecular weight excluding hydrogens is 204 g/mol. The summed E-state index contributed by atoms with van der Waals surface area (Å²) in [6, 6.07) is 0. The average Bonchev–Trinajstić information content (AvgIpc) is 2.83. The standard InChI is InChI=1S/C13H20O3/c14-13(15)10-7-11(8-5-6-8)16-12(10)9-3-1-2-4-9/h8-12H,1-7H2,(H,14,15). The molecule has 2 saturated carbocycles. The SMILES string of the molecule is O=C(O)C1CC(C2CC2)OC1C1CCCC1. The molecule has 1 heterocycles. The Balaban J connectivity index is 1.70. The second-order valence-electron chi connectivity index (χ2n) is 5.70. The van der Waals surface area contributed by atoms with Crippen LogP contribution in [0.2, 0.25) is 0 Å². The lowest BCUT2D eigenvalue weighted by Crippen LogP contribution is -2.30. The van der Waals surface area contributed by atoms with Crippen molar-refractivity contribution in [2.45, 2.75) is 57.2 Å². The minimum Gasteiger partial charge on any atom is -0.481 e. The second kappa shape index (κ2) is 4.02. The quantitative estimate of drug-likeness (QED) is 0.801. The second-order valence-corrected chi connectivity index (χ2v) is 5.70. The number of hydrogen-bond acceptors (Lipinski definition) is 2. The lowest BCUT2D eigenvalue weighted by atomic mass is 9.88. The lowest BCUT2D eigenvalue weighted by Gasteiger charge is -2.22. The first kappa shape index (κ1) is 10.6. The van der Waals surface area contributed by atoms with Gasteiger partial charge in [-0.05, 0) is 43.9 Å². The molecule has 3 aliphatic rings. The monoisotopic (exact) mass is 224 g/mol. The topological polar surface area (TPSA) is 46.5 Å². The summed E-state index contributed by atoms with van der Waals surface area (Å²) < 4.78 is 6.06. The maximum atomic E-state index is 11.3. The van der Waals surface area contributed by atoms with E-state index in [2.05, 4.69) is 0 Å². The van der Waals surface area contributed by atoms with Crippen molar-refractivity contribution in [3.05, 3.63) is 0 Å². The summed E-state index contributed by atoms with van der Waals surface area (Å²) in [5.74, 6) is 0.326. The van der Waals surface area contributed by atoms with Gasteiger partial charge in [0.2, 0.25) is 0 Å². The fraction of sp³-hybridized carbons (Fsp3) is 0.923. The summed E-state index contributed by atoms with van der Waals surface area (Å²) in [6.07, 6.45) is 8.38. The van der Waals surface area contributed by atoms with Gasteiger partial charge in [0.15, 0.2) is 0 Å². The van der Waals surface area contributed by atoms with Crippen molar-refractivity contribution in [1.29, 1.82) is 0 Å². The van der Waals surface area contributed by atoms with Crippen LogP contribution in [0.15, 0.2) is 0 Å². The van der Waals surface area contributed by atoms with Gasteiger partial charge < -0.3 is 9.84 Å². The Morgan fingerprint density at radius 1 is 1.06 bits per heavy atom. The number of carbonyl (C=O) groups is 1. The molecule has 0 aromatic heterocycles. The van der Waals surface area contributed by atoms with Crippen molar-refractivity contribution in [3.8, 4) is 0 Å². The highest BCUT2D eigenvalue weighted by Crippen LogP contribution is 2.46. The summed E-state index contributed by atoms with van der Waals surface area (Å²) in [5.41, 5.74) is 0. The van der Waals surface area contributed by atoms with Crippen molar-refractivity contribution >= 4 is 5.97 Å². The Morgan fingerprint density at radius 2 is 1.75 bits per heavy atom. The molecule has 1 N–H and O–H groups in total. The first-order valence-electron chi connectivity index (χ1n) is 6.64. The molecule has 1 aliphatic heterocycles. The van der Waals surface area contributed by atoms with Crippen LogP contribution in [0.5, 0.6) is 0 Å². The highest BCUT2D eigenvalue weighted by molar-refractivity contribution is 5.71. The molecule has 1 saturated heterocycles. The molecule has 0 aromatic rings. The van der Waals surface area contributed by atoms with E-state index in [0.717, 1.165) is 6.42 Å². The Morgan fingerprint density at radius 3 is 2.31 bits per heavy atom. The third kappa shape index (κ3) is 1.86. The molecule has 0 bridgehead atoms. The summed E-state index contributed by atoms with van der Waals surface area (Å²) >= 11 is 0. The maximum absolute atomic E-state index is 11.3. The third-order valence-electron chi connectivity index (χ3n) is 4.54. The predicted molar refractivity (Wildman–Crippen MR) is 59.1 cm³/mol. The van der Waals surface area contributed by atoms with Crippen molar-refractivity contribution in [2.24, 2.45) is 17.8 Å². The van der Waals surface area contributed by atoms with E-state index in [1.165, 1.54) is 38.5 Å². The molecule has 3 fully saturated rings. The van der Waals surface area contributed by atoms with E-state index in [-0.39, 0.29) is 18.1 Å². The van der Waals surface area contributed by atoms with Crippen LogP contribution in [0.25, 0.3) is 0 Å². The van der Waals surface area contributed by atoms with E-state index < -0.39 is 5.97 Å². The molecule has 16 heavy (non-hydrogen) atoms. The highest BCUT2D eigenvalue weighted by atomic mass is 16.5. The van der Waals surface area contributed by atoms with Gasteiger partial charge in [-0.1, -0.05) is 12.8 Å². The summed E-state index contributed by atoms with van der Waals surface area (Å²) in [7, 11) is 0. The lowest BCUT2D eigenvalue weighted by molar-refractivity contribution is -0.144. The molecule has 3 nitrogen and oxygen atoms in total. The van der Waals surface area contributed by atoms with Crippen LogP contribution >= 0.6 is 0 Å². The molecule has 3 rings (SSSR count). The molecule has 0 aromatic carbocycles. The summed E-state index contributed by atoms with van der Waals surface area (Å²) in [4.78, 5) is 11.3. The highest BCUT2D eigenvalue weighted by Gasteiger charge is 2.48. The fourth-order valence-electron chi connectivity index (χ4n) is 3.48. The Bertz CT molecular complexity index is 279. The molecule has 3 atom stereocenters. The normalized spacial score (nSPS) is 40.4. The van der Waals surface area contributed by atoms with Crippen molar-refractivity contribution < 1.29 is 14.6 Å². The Hall–Kier alpha value is -0.570. The van der Waals surface area contributed by atoms with Gasteiger partial charge in [-0.3, -0.25) is 4.79 Å². The summed E-state index contributed by atoms with van der Waals surface area (Å²) in [6.45, 7) is 0. The van der Waals surface area contributed by atoms with Gasteiger partial charge in [0.1, 0.15) is 0 Å². The van der Waals surface area contributed by atoms with Gasteiger partial charge >= 0.3 is 5.97 Å². The van der Waals surface area contributed by atoms with E-state index in [0.29, 0.717) is 11.8 Å². The van der Waals surface area contributed by atoms with Gasteiger partial charge in [-0.15, -0.1) is 0 Å². The van der Waals surface area contributed by atoms with Crippen LogP contribution in [-0.4, -0.2) is 23.3 Å². The molecular formula is C13H20O3. The van der Waals surface area contributed by atoms with Crippen LogP contribution in [0.4, 0.5) is 0 Å². The van der Waals surface area contributed by atoms with Gasteiger partial charge in [-0.25, -0.2) is 0 Å². The third-order valence-corrected chi connectivity index (χ3v) is 4.54. The fourth-order valence-corrected chi connectivity index (χ4v) is 3.48. The molecule has 3 heteroatoms. The Kier molecular flexibility index (Phi) is 2.66. The van der Waals surface area contributed by atoms with Crippen LogP contribution in [0.1, 0.15) is 44.9 Å². The first-order valence-corrected chi connectivity index (χ1v) is 6.64. The van der Waals surface area contributed by atoms with E-state index in [9.17, 15) is 9.90 Å². The number of aliphatic carboxylic acids is 1. The van der Waals surface area contributed by atoms with Crippen LogP contribution < -0.4 is 0 Å². The minimum atomic E-state index is -0.639. The van der Waals surface area contributed by atoms with Gasteiger partial charge in [0.25, 0.3) is 0 Å². The molecule has 0 spiro atoms. The van der Waals surface area contributed by atoms with Crippen LogP contribution in [0, 0.1) is 17.8 Å². The molecule has 90 valence electrons. The zero-order chi connectivity index (χ0) is 11.1. The van der Waals surface area contributed by atoms with E-state index in [1.807, 2.05) is 0 Å². The average molecular weight is 224 g/mol. The first-order chi connectivity index (χ1) is 7.75. The number of rotatable bonds is 3. The minimum absolute atomic E-state index is 0.0191. The van der Waals surface area contributed by atoms with Gasteiger partial charge in [0.05, 0.1) is 18.1 Å². The molecule has 0 amide bonds.